The quantitative estimate of drug-likeness (QED) is 0.855. The lowest BCUT2D eigenvalue weighted by Gasteiger charge is -1.96. The maximum atomic E-state index is 4.05. The van der Waals surface area contributed by atoms with E-state index in [4.69, 9.17) is 0 Å². The number of aryl methyl sites for hydroxylation is 2. The van der Waals surface area contributed by atoms with Crippen molar-refractivity contribution in [3.05, 3.63) is 44.8 Å². The second-order valence-electron chi connectivity index (χ2n) is 2.93. The van der Waals surface area contributed by atoms with Crippen LogP contribution < -0.4 is 0 Å². The molecule has 0 bridgehead atoms. The van der Waals surface area contributed by atoms with E-state index in [-0.39, 0.29) is 0 Å². The predicted molar refractivity (Wildman–Crippen MR) is 61.5 cm³/mol. The number of benzene rings is 1. The third kappa shape index (κ3) is 2.62. The van der Waals surface area contributed by atoms with Crippen LogP contribution in [0.2, 0.25) is 0 Å². The molecule has 14 heavy (non-hydrogen) atoms. The number of halogens is 1. The third-order valence-electron chi connectivity index (χ3n) is 1.91. The molecule has 0 aliphatic rings. The van der Waals surface area contributed by atoms with Gasteiger partial charge in [-0.05, 0) is 27.9 Å². The minimum atomic E-state index is 0.862. The van der Waals surface area contributed by atoms with Crippen molar-refractivity contribution in [2.45, 2.75) is 12.8 Å². The summed E-state index contributed by atoms with van der Waals surface area (Å²) in [6, 6.07) is 10.4. The Balaban J connectivity index is 1.95. The molecule has 72 valence electrons. The SMILES string of the molecule is Brc1nnc(CCc2ccccc2)s1. The van der Waals surface area contributed by atoms with Gasteiger partial charge in [0.1, 0.15) is 5.01 Å². The molecule has 0 aliphatic heterocycles. The molecule has 0 amide bonds. The van der Waals surface area contributed by atoms with E-state index in [1.54, 1.807) is 11.3 Å². The van der Waals surface area contributed by atoms with Gasteiger partial charge in [-0.2, -0.15) is 0 Å². The van der Waals surface area contributed by atoms with E-state index in [0.717, 1.165) is 21.8 Å². The van der Waals surface area contributed by atoms with Crippen molar-refractivity contribution in [1.29, 1.82) is 0 Å². The minimum Gasteiger partial charge on any atom is -0.143 e. The van der Waals surface area contributed by atoms with Gasteiger partial charge in [-0.25, -0.2) is 0 Å². The topological polar surface area (TPSA) is 25.8 Å². The second kappa shape index (κ2) is 4.66. The van der Waals surface area contributed by atoms with Crippen LogP contribution in [0.1, 0.15) is 10.6 Å². The first-order valence-electron chi connectivity index (χ1n) is 4.36. The van der Waals surface area contributed by atoms with Gasteiger partial charge in [0.15, 0.2) is 3.92 Å². The van der Waals surface area contributed by atoms with Crippen molar-refractivity contribution in [2.24, 2.45) is 0 Å². The molecule has 0 spiro atoms. The van der Waals surface area contributed by atoms with Crippen LogP contribution in [0, 0.1) is 0 Å². The molecule has 1 heterocycles. The minimum absolute atomic E-state index is 0.862. The van der Waals surface area contributed by atoms with Crippen molar-refractivity contribution in [3.8, 4) is 0 Å². The zero-order valence-corrected chi connectivity index (χ0v) is 9.88. The molecule has 0 atom stereocenters. The van der Waals surface area contributed by atoms with Crippen LogP contribution in [0.3, 0.4) is 0 Å². The largest absolute Gasteiger partial charge is 0.183 e. The lowest BCUT2D eigenvalue weighted by atomic mass is 10.1. The Morgan fingerprint density at radius 3 is 2.50 bits per heavy atom. The van der Waals surface area contributed by atoms with Crippen molar-refractivity contribution in [1.82, 2.24) is 10.2 Å². The second-order valence-corrected chi connectivity index (χ2v) is 5.27. The highest BCUT2D eigenvalue weighted by molar-refractivity contribution is 9.11. The Hall–Kier alpha value is -0.740. The number of aromatic nitrogens is 2. The maximum Gasteiger partial charge on any atom is 0.183 e. The molecule has 0 N–H and O–H groups in total. The Kier molecular flexibility index (Phi) is 3.26. The summed E-state index contributed by atoms with van der Waals surface area (Å²) in [5, 5.41) is 9.05. The predicted octanol–water partition coefficient (Wildman–Crippen LogP) is 3.09. The number of hydrogen-bond acceptors (Lipinski definition) is 3. The van der Waals surface area contributed by atoms with E-state index < -0.39 is 0 Å². The highest BCUT2D eigenvalue weighted by Gasteiger charge is 2.01. The van der Waals surface area contributed by atoms with Crippen LogP contribution in [0.25, 0.3) is 0 Å². The van der Waals surface area contributed by atoms with Gasteiger partial charge in [-0.3, -0.25) is 0 Å². The van der Waals surface area contributed by atoms with Crippen molar-refractivity contribution in [3.63, 3.8) is 0 Å². The van der Waals surface area contributed by atoms with Gasteiger partial charge in [0.2, 0.25) is 0 Å². The highest BCUT2D eigenvalue weighted by atomic mass is 79.9. The molecule has 1 aromatic heterocycles. The number of rotatable bonds is 3. The lowest BCUT2D eigenvalue weighted by Crippen LogP contribution is -1.89. The van der Waals surface area contributed by atoms with E-state index in [1.807, 2.05) is 6.07 Å². The molecule has 2 nitrogen and oxygen atoms in total. The van der Waals surface area contributed by atoms with E-state index in [2.05, 4.69) is 50.4 Å². The first kappa shape index (κ1) is 9.80. The van der Waals surface area contributed by atoms with E-state index in [1.165, 1.54) is 5.56 Å². The molecular weight excluding hydrogens is 260 g/mol. The Morgan fingerprint density at radius 1 is 1.07 bits per heavy atom. The fourth-order valence-corrected chi connectivity index (χ4v) is 2.43. The maximum absolute atomic E-state index is 4.05. The molecule has 0 aliphatic carbocycles. The summed E-state index contributed by atoms with van der Waals surface area (Å²) < 4.78 is 0.862. The van der Waals surface area contributed by atoms with Gasteiger partial charge in [-0.1, -0.05) is 41.7 Å². The van der Waals surface area contributed by atoms with E-state index in [0.29, 0.717) is 0 Å². The van der Waals surface area contributed by atoms with Gasteiger partial charge < -0.3 is 0 Å². The summed E-state index contributed by atoms with van der Waals surface area (Å²) in [5.74, 6) is 0. The smallest absolute Gasteiger partial charge is 0.143 e. The summed E-state index contributed by atoms with van der Waals surface area (Å²) in [6.45, 7) is 0. The third-order valence-corrected chi connectivity index (χ3v) is 3.33. The zero-order chi connectivity index (χ0) is 9.80. The van der Waals surface area contributed by atoms with Crippen molar-refractivity contribution >= 4 is 27.3 Å². The van der Waals surface area contributed by atoms with Crippen molar-refractivity contribution < 1.29 is 0 Å². The number of nitrogens with zero attached hydrogens (tertiary/aromatic N) is 2. The molecule has 1 aromatic carbocycles. The average molecular weight is 269 g/mol. The highest BCUT2D eigenvalue weighted by Crippen LogP contribution is 2.17. The van der Waals surface area contributed by atoms with Crippen LogP contribution in [0.5, 0.6) is 0 Å². The Morgan fingerprint density at radius 2 is 1.86 bits per heavy atom. The molecule has 0 saturated carbocycles. The number of hydrogen-bond donors (Lipinski definition) is 0. The van der Waals surface area contributed by atoms with Crippen molar-refractivity contribution in [2.75, 3.05) is 0 Å². The molecule has 2 aromatic rings. The van der Waals surface area contributed by atoms with Crippen LogP contribution in [0.15, 0.2) is 34.2 Å². The van der Waals surface area contributed by atoms with Crippen LogP contribution in [0.4, 0.5) is 0 Å². The van der Waals surface area contributed by atoms with E-state index in [9.17, 15) is 0 Å². The molecule has 0 unspecified atom stereocenters. The first-order valence-corrected chi connectivity index (χ1v) is 5.97. The molecule has 2 rings (SSSR count). The average Bonchev–Trinajstić information content (AvgIpc) is 2.63. The monoisotopic (exact) mass is 268 g/mol. The molecule has 0 fully saturated rings. The molecule has 4 heteroatoms. The van der Waals surface area contributed by atoms with Crippen LogP contribution in [-0.4, -0.2) is 10.2 Å². The van der Waals surface area contributed by atoms with Gasteiger partial charge in [-0.15, -0.1) is 10.2 Å². The normalized spacial score (nSPS) is 10.4. The summed E-state index contributed by atoms with van der Waals surface area (Å²) in [4.78, 5) is 0. The fraction of sp³-hybridized carbons (Fsp3) is 0.200. The Bertz CT molecular complexity index is 400. The summed E-state index contributed by atoms with van der Waals surface area (Å²) in [6.07, 6.45) is 2.00. The summed E-state index contributed by atoms with van der Waals surface area (Å²) in [7, 11) is 0. The van der Waals surface area contributed by atoms with Crippen LogP contribution in [-0.2, 0) is 12.8 Å². The molecule has 0 saturated heterocycles. The summed E-state index contributed by atoms with van der Waals surface area (Å²) >= 11 is 4.90. The first-order chi connectivity index (χ1) is 6.84. The Labute approximate surface area is 95.1 Å². The zero-order valence-electron chi connectivity index (χ0n) is 7.48. The van der Waals surface area contributed by atoms with Crippen LogP contribution >= 0.6 is 27.3 Å². The van der Waals surface area contributed by atoms with E-state index >= 15 is 0 Å². The molecule has 0 radical (unpaired) electrons. The van der Waals surface area contributed by atoms with Gasteiger partial charge >= 0.3 is 0 Å². The summed E-state index contributed by atoms with van der Waals surface area (Å²) in [5.41, 5.74) is 1.35. The van der Waals surface area contributed by atoms with Gasteiger partial charge in [0, 0.05) is 6.42 Å². The van der Waals surface area contributed by atoms with Gasteiger partial charge in [0.25, 0.3) is 0 Å². The molecular formula is C10H9BrN2S. The fourth-order valence-electron chi connectivity index (χ4n) is 1.23. The van der Waals surface area contributed by atoms with Gasteiger partial charge in [0.05, 0.1) is 0 Å². The standard InChI is InChI=1S/C10H9BrN2S/c11-10-13-12-9(14-10)7-6-8-4-2-1-3-5-8/h1-5H,6-7H2. The lowest BCUT2D eigenvalue weighted by molar-refractivity contribution is 0.901.